The number of carbonyl (C=O) groups excluding carboxylic acids is 2. The van der Waals surface area contributed by atoms with E-state index in [1.807, 2.05) is 6.07 Å². The Hall–Kier alpha value is -3.58. The van der Waals surface area contributed by atoms with Gasteiger partial charge >= 0.3 is 0 Å². The maximum atomic E-state index is 12.3. The number of hydrogen-bond acceptors (Lipinski definition) is 5. The predicted octanol–water partition coefficient (Wildman–Crippen LogP) is 2.78. The zero-order valence-corrected chi connectivity index (χ0v) is 15.4. The summed E-state index contributed by atoms with van der Waals surface area (Å²) in [7, 11) is 0. The smallest absolute Gasteiger partial charge is 0.255 e. The van der Waals surface area contributed by atoms with Crippen LogP contribution in [0.15, 0.2) is 73.2 Å². The first-order chi connectivity index (χ1) is 13.5. The number of benzene rings is 1. The second kappa shape index (κ2) is 8.88. The van der Waals surface area contributed by atoms with Gasteiger partial charge in [0.15, 0.2) is 0 Å². The average Bonchev–Trinajstić information content (AvgIpc) is 2.73. The summed E-state index contributed by atoms with van der Waals surface area (Å²) < 4.78 is 0. The Morgan fingerprint density at radius 2 is 1.75 bits per heavy atom. The molecule has 0 aliphatic heterocycles. The number of nitrogens with zero attached hydrogens (tertiary/aromatic N) is 3. The number of hydrogen-bond donors (Lipinski definition) is 2. The van der Waals surface area contributed by atoms with Crippen molar-refractivity contribution in [3.05, 3.63) is 84.3 Å². The summed E-state index contributed by atoms with van der Waals surface area (Å²) in [5, 5.41) is 2.80. The molecule has 0 radical (unpaired) electrons. The Labute approximate surface area is 163 Å². The molecule has 0 aliphatic carbocycles. The molecule has 1 atom stereocenters. The van der Waals surface area contributed by atoms with E-state index in [0.717, 1.165) is 5.56 Å². The van der Waals surface area contributed by atoms with Gasteiger partial charge < -0.3 is 11.1 Å². The lowest BCUT2D eigenvalue weighted by Gasteiger charge is -2.24. The zero-order valence-electron chi connectivity index (χ0n) is 15.4. The summed E-state index contributed by atoms with van der Waals surface area (Å²) in [6, 6.07) is 15.4. The molecule has 7 heteroatoms. The van der Waals surface area contributed by atoms with E-state index in [1.54, 1.807) is 67.1 Å². The fourth-order valence-corrected chi connectivity index (χ4v) is 2.72. The van der Waals surface area contributed by atoms with E-state index in [4.69, 9.17) is 5.73 Å². The molecule has 3 aromatic rings. The van der Waals surface area contributed by atoms with Gasteiger partial charge in [-0.2, -0.15) is 0 Å². The largest absolute Gasteiger partial charge is 0.322 e. The molecular weight excluding hydrogens is 354 g/mol. The highest BCUT2D eigenvalue weighted by Gasteiger charge is 2.18. The lowest BCUT2D eigenvalue weighted by Crippen LogP contribution is -2.36. The Morgan fingerprint density at radius 1 is 1.04 bits per heavy atom. The molecule has 142 valence electrons. The molecule has 0 fully saturated rings. The van der Waals surface area contributed by atoms with E-state index >= 15 is 0 Å². The van der Waals surface area contributed by atoms with Gasteiger partial charge in [-0.3, -0.25) is 19.5 Å². The van der Waals surface area contributed by atoms with Crippen molar-refractivity contribution in [1.29, 1.82) is 0 Å². The van der Waals surface area contributed by atoms with Crippen molar-refractivity contribution < 1.29 is 9.59 Å². The molecule has 3 rings (SSSR count). The van der Waals surface area contributed by atoms with Gasteiger partial charge in [-0.1, -0.05) is 18.2 Å². The average molecular weight is 375 g/mol. The molecular formula is C21H21N5O2. The minimum Gasteiger partial charge on any atom is -0.322 e. The van der Waals surface area contributed by atoms with Crippen molar-refractivity contribution in [3.8, 4) is 0 Å². The van der Waals surface area contributed by atoms with Crippen LogP contribution < -0.4 is 16.0 Å². The molecule has 2 amide bonds. The van der Waals surface area contributed by atoms with Crippen molar-refractivity contribution in [2.45, 2.75) is 13.0 Å². The van der Waals surface area contributed by atoms with Crippen molar-refractivity contribution in [3.63, 3.8) is 0 Å². The van der Waals surface area contributed by atoms with Gasteiger partial charge in [0.1, 0.15) is 5.82 Å². The maximum Gasteiger partial charge on any atom is 0.255 e. The number of aromatic nitrogens is 2. The normalized spacial score (nSPS) is 11.5. The monoisotopic (exact) mass is 375 g/mol. The van der Waals surface area contributed by atoms with Gasteiger partial charge in [0.05, 0.1) is 0 Å². The predicted molar refractivity (Wildman–Crippen MR) is 108 cm³/mol. The Balaban J connectivity index is 1.68. The quantitative estimate of drug-likeness (QED) is 0.690. The summed E-state index contributed by atoms with van der Waals surface area (Å²) >= 11 is 0. The second-order valence-electron chi connectivity index (χ2n) is 6.24. The van der Waals surface area contributed by atoms with Crippen LogP contribution in [0.3, 0.4) is 0 Å². The van der Waals surface area contributed by atoms with Crippen LogP contribution in [0.4, 0.5) is 11.5 Å². The lowest BCUT2D eigenvalue weighted by atomic mass is 10.0. The van der Waals surface area contributed by atoms with E-state index in [-0.39, 0.29) is 18.4 Å². The van der Waals surface area contributed by atoms with Gasteiger partial charge in [0, 0.05) is 49.4 Å². The first kappa shape index (κ1) is 19.2. The van der Waals surface area contributed by atoms with Crippen LogP contribution in [0, 0.1) is 0 Å². The van der Waals surface area contributed by atoms with Gasteiger partial charge in [-0.25, -0.2) is 4.98 Å². The Kier molecular flexibility index (Phi) is 6.08. The summed E-state index contributed by atoms with van der Waals surface area (Å²) in [5.41, 5.74) is 8.30. The third-order valence-corrected chi connectivity index (χ3v) is 4.22. The molecule has 1 aromatic carbocycles. The minimum atomic E-state index is -0.414. The summed E-state index contributed by atoms with van der Waals surface area (Å²) in [4.78, 5) is 34.0. The van der Waals surface area contributed by atoms with E-state index in [0.29, 0.717) is 17.1 Å². The third-order valence-electron chi connectivity index (χ3n) is 4.22. The SMILES string of the molecule is CC(=O)N(CC(N)c1ccc(C(=O)Nc2ccncc2)cc1)c1ccccn1. The highest BCUT2D eigenvalue weighted by Crippen LogP contribution is 2.18. The number of amides is 2. The minimum absolute atomic E-state index is 0.137. The number of anilines is 2. The van der Waals surface area contributed by atoms with Crippen molar-refractivity contribution in [2.24, 2.45) is 5.73 Å². The highest BCUT2D eigenvalue weighted by atomic mass is 16.2. The molecule has 7 nitrogen and oxygen atoms in total. The molecule has 3 N–H and O–H groups in total. The summed E-state index contributed by atoms with van der Waals surface area (Å²) in [5.74, 6) is 0.200. The van der Waals surface area contributed by atoms with Crippen LogP contribution >= 0.6 is 0 Å². The van der Waals surface area contributed by atoms with Crippen LogP contribution in [-0.2, 0) is 4.79 Å². The lowest BCUT2D eigenvalue weighted by molar-refractivity contribution is -0.116. The van der Waals surface area contributed by atoms with Gasteiger partial charge in [0.25, 0.3) is 5.91 Å². The summed E-state index contributed by atoms with van der Waals surface area (Å²) in [6.07, 6.45) is 4.85. The molecule has 0 saturated heterocycles. The fraction of sp³-hybridized carbons (Fsp3) is 0.143. The second-order valence-corrected chi connectivity index (χ2v) is 6.24. The van der Waals surface area contributed by atoms with Gasteiger partial charge in [-0.15, -0.1) is 0 Å². The molecule has 0 saturated carbocycles. The molecule has 1 unspecified atom stereocenters. The van der Waals surface area contributed by atoms with E-state index in [2.05, 4.69) is 15.3 Å². The fourth-order valence-electron chi connectivity index (χ4n) is 2.72. The third kappa shape index (κ3) is 4.77. The molecule has 2 heterocycles. The first-order valence-corrected chi connectivity index (χ1v) is 8.80. The van der Waals surface area contributed by atoms with E-state index < -0.39 is 6.04 Å². The molecule has 0 spiro atoms. The first-order valence-electron chi connectivity index (χ1n) is 8.80. The zero-order chi connectivity index (χ0) is 19.9. The van der Waals surface area contributed by atoms with Gasteiger partial charge in [-0.05, 0) is 42.0 Å². The van der Waals surface area contributed by atoms with Crippen molar-refractivity contribution >= 4 is 23.3 Å². The number of nitrogens with one attached hydrogen (secondary N) is 1. The van der Waals surface area contributed by atoms with Crippen LogP contribution in [0.5, 0.6) is 0 Å². The van der Waals surface area contributed by atoms with Crippen LogP contribution in [0.1, 0.15) is 28.9 Å². The number of nitrogens with two attached hydrogens (primary N) is 1. The van der Waals surface area contributed by atoms with Crippen LogP contribution in [-0.4, -0.2) is 28.3 Å². The van der Waals surface area contributed by atoms with Crippen molar-refractivity contribution in [1.82, 2.24) is 9.97 Å². The van der Waals surface area contributed by atoms with Crippen LogP contribution in [0.2, 0.25) is 0 Å². The van der Waals surface area contributed by atoms with E-state index in [9.17, 15) is 9.59 Å². The number of pyridine rings is 2. The maximum absolute atomic E-state index is 12.3. The van der Waals surface area contributed by atoms with Gasteiger partial charge in [0.2, 0.25) is 5.91 Å². The Bertz CT molecular complexity index is 930. The summed E-state index contributed by atoms with van der Waals surface area (Å²) in [6.45, 7) is 1.77. The van der Waals surface area contributed by atoms with E-state index in [1.165, 1.54) is 11.8 Å². The standard InChI is InChI=1S/C21H21N5O2/c1-15(27)26(20-4-2-3-11-24-20)14-19(22)16-5-7-17(8-6-16)21(28)25-18-9-12-23-13-10-18/h2-13,19H,14,22H2,1H3,(H,23,25,28). The molecule has 28 heavy (non-hydrogen) atoms. The van der Waals surface area contributed by atoms with Crippen LogP contribution in [0.25, 0.3) is 0 Å². The topological polar surface area (TPSA) is 101 Å². The highest BCUT2D eigenvalue weighted by molar-refractivity contribution is 6.04. The molecule has 0 aliphatic rings. The Morgan fingerprint density at radius 3 is 2.36 bits per heavy atom. The number of carbonyl (C=O) groups is 2. The number of rotatable bonds is 6. The molecule has 0 bridgehead atoms. The van der Waals surface area contributed by atoms with Crippen molar-refractivity contribution in [2.75, 3.05) is 16.8 Å². The molecule has 2 aromatic heterocycles.